The maximum atomic E-state index is 12.9. The first-order valence-corrected chi connectivity index (χ1v) is 9.87. The van der Waals surface area contributed by atoms with Crippen LogP contribution in [0.4, 0.5) is 0 Å². The standard InChI is InChI=1S/C17H24N2O4S/c1-13-11-19(12-14(2)23-13)24(21,22)16-7-5-6-15(10-16)17(20)18-8-3-4-9-18/h5-7,10,13-14H,3-4,8-9,11-12H2,1-2H3. The van der Waals surface area contributed by atoms with E-state index >= 15 is 0 Å². The molecule has 2 saturated heterocycles. The fourth-order valence-electron chi connectivity index (χ4n) is 3.37. The number of carbonyl (C=O) groups excluding carboxylic acids is 1. The monoisotopic (exact) mass is 352 g/mol. The third-order valence-corrected chi connectivity index (χ3v) is 6.33. The van der Waals surface area contributed by atoms with Crippen molar-refractivity contribution in [1.29, 1.82) is 0 Å². The molecule has 2 aliphatic heterocycles. The summed E-state index contributed by atoms with van der Waals surface area (Å²) in [5, 5.41) is 0. The van der Waals surface area contributed by atoms with E-state index in [0.717, 1.165) is 25.9 Å². The fraction of sp³-hybridized carbons (Fsp3) is 0.588. The highest BCUT2D eigenvalue weighted by Gasteiger charge is 2.32. The minimum absolute atomic E-state index is 0.0896. The van der Waals surface area contributed by atoms with Crippen molar-refractivity contribution in [1.82, 2.24) is 9.21 Å². The normalized spacial score (nSPS) is 25.8. The van der Waals surface area contributed by atoms with Gasteiger partial charge < -0.3 is 9.64 Å². The van der Waals surface area contributed by atoms with Crippen molar-refractivity contribution in [2.45, 2.75) is 43.8 Å². The second kappa shape index (κ2) is 6.82. The number of nitrogens with zero attached hydrogens (tertiary/aromatic N) is 2. The second-order valence-electron chi connectivity index (χ2n) is 6.61. The maximum absolute atomic E-state index is 12.9. The van der Waals surface area contributed by atoms with Gasteiger partial charge in [-0.1, -0.05) is 6.07 Å². The summed E-state index contributed by atoms with van der Waals surface area (Å²) in [7, 11) is -3.62. The molecule has 2 atom stereocenters. The van der Waals surface area contributed by atoms with Crippen molar-refractivity contribution in [2.75, 3.05) is 26.2 Å². The highest BCUT2D eigenvalue weighted by Crippen LogP contribution is 2.23. The van der Waals surface area contributed by atoms with Crippen LogP contribution in [0.25, 0.3) is 0 Å². The first-order chi connectivity index (χ1) is 11.4. The second-order valence-corrected chi connectivity index (χ2v) is 8.54. The molecule has 0 aliphatic carbocycles. The van der Waals surface area contributed by atoms with E-state index in [1.807, 2.05) is 13.8 Å². The quantitative estimate of drug-likeness (QED) is 0.831. The Kier molecular flexibility index (Phi) is 4.94. The van der Waals surface area contributed by atoms with Crippen LogP contribution in [0.15, 0.2) is 29.2 Å². The molecule has 1 aromatic rings. The number of morpholine rings is 1. The van der Waals surface area contributed by atoms with E-state index in [2.05, 4.69) is 0 Å². The van der Waals surface area contributed by atoms with E-state index < -0.39 is 10.0 Å². The third-order valence-electron chi connectivity index (χ3n) is 4.50. The van der Waals surface area contributed by atoms with Gasteiger partial charge in [0.2, 0.25) is 10.0 Å². The highest BCUT2D eigenvalue weighted by atomic mass is 32.2. The van der Waals surface area contributed by atoms with Crippen molar-refractivity contribution >= 4 is 15.9 Å². The fourth-order valence-corrected chi connectivity index (χ4v) is 5.01. The van der Waals surface area contributed by atoms with Gasteiger partial charge in [0.05, 0.1) is 17.1 Å². The van der Waals surface area contributed by atoms with Crippen LogP contribution >= 0.6 is 0 Å². The molecule has 2 aliphatic rings. The molecule has 2 unspecified atom stereocenters. The lowest BCUT2D eigenvalue weighted by Gasteiger charge is -2.34. The zero-order chi connectivity index (χ0) is 17.3. The number of ether oxygens (including phenoxy) is 1. The Morgan fingerprint density at radius 3 is 2.38 bits per heavy atom. The Labute approximate surface area is 143 Å². The van der Waals surface area contributed by atoms with Gasteiger partial charge in [0, 0.05) is 31.7 Å². The van der Waals surface area contributed by atoms with Crippen molar-refractivity contribution in [3.63, 3.8) is 0 Å². The van der Waals surface area contributed by atoms with Crippen LogP contribution in [0.5, 0.6) is 0 Å². The average molecular weight is 352 g/mol. The van der Waals surface area contributed by atoms with Gasteiger partial charge in [-0.05, 0) is 44.9 Å². The number of carbonyl (C=O) groups is 1. The molecule has 0 N–H and O–H groups in total. The molecule has 0 bridgehead atoms. The van der Waals surface area contributed by atoms with Crippen LogP contribution in [0.1, 0.15) is 37.0 Å². The summed E-state index contributed by atoms with van der Waals surface area (Å²) >= 11 is 0. The molecule has 3 rings (SSSR count). The minimum Gasteiger partial charge on any atom is -0.373 e. The summed E-state index contributed by atoms with van der Waals surface area (Å²) < 4.78 is 32.9. The zero-order valence-corrected chi connectivity index (χ0v) is 15.0. The number of rotatable bonds is 3. The van der Waals surface area contributed by atoms with Gasteiger partial charge in [-0.2, -0.15) is 4.31 Å². The predicted molar refractivity (Wildman–Crippen MR) is 90.3 cm³/mol. The summed E-state index contributed by atoms with van der Waals surface area (Å²) in [6.07, 6.45) is 1.73. The number of likely N-dealkylation sites (tertiary alicyclic amines) is 1. The minimum atomic E-state index is -3.62. The van der Waals surface area contributed by atoms with Crippen LogP contribution in [0, 0.1) is 0 Å². The van der Waals surface area contributed by atoms with Gasteiger partial charge in [-0.3, -0.25) is 4.79 Å². The Hall–Kier alpha value is -1.44. The summed E-state index contributed by atoms with van der Waals surface area (Å²) in [4.78, 5) is 14.5. The van der Waals surface area contributed by atoms with Crippen LogP contribution < -0.4 is 0 Å². The van der Waals surface area contributed by atoms with Crippen LogP contribution in [0.2, 0.25) is 0 Å². The lowest BCUT2D eigenvalue weighted by Crippen LogP contribution is -2.48. The molecule has 2 heterocycles. The van der Waals surface area contributed by atoms with E-state index in [1.165, 1.54) is 10.4 Å². The molecule has 1 amide bonds. The summed E-state index contributed by atoms with van der Waals surface area (Å²) in [5.74, 6) is -0.0896. The lowest BCUT2D eigenvalue weighted by molar-refractivity contribution is -0.0440. The van der Waals surface area contributed by atoms with E-state index in [0.29, 0.717) is 18.7 Å². The molecule has 2 fully saturated rings. The number of benzene rings is 1. The zero-order valence-electron chi connectivity index (χ0n) is 14.1. The molecule has 132 valence electrons. The number of hydrogen-bond acceptors (Lipinski definition) is 4. The van der Waals surface area contributed by atoms with Crippen LogP contribution in [-0.4, -0.2) is 61.9 Å². The van der Waals surface area contributed by atoms with Gasteiger partial charge in [0.15, 0.2) is 0 Å². The molecule has 0 aromatic heterocycles. The van der Waals surface area contributed by atoms with Crippen molar-refractivity contribution in [3.8, 4) is 0 Å². The van der Waals surface area contributed by atoms with E-state index in [-0.39, 0.29) is 23.0 Å². The predicted octanol–water partition coefficient (Wildman–Crippen LogP) is 1.72. The summed E-state index contributed by atoms with van der Waals surface area (Å²) in [5.41, 5.74) is 0.437. The smallest absolute Gasteiger partial charge is 0.253 e. The Morgan fingerprint density at radius 2 is 1.75 bits per heavy atom. The molecule has 7 heteroatoms. The van der Waals surface area contributed by atoms with Crippen LogP contribution in [-0.2, 0) is 14.8 Å². The maximum Gasteiger partial charge on any atom is 0.253 e. The van der Waals surface area contributed by atoms with Crippen LogP contribution in [0.3, 0.4) is 0 Å². The molecule has 1 aromatic carbocycles. The Balaban J connectivity index is 1.85. The largest absolute Gasteiger partial charge is 0.373 e. The Morgan fingerprint density at radius 1 is 1.12 bits per heavy atom. The number of sulfonamides is 1. The molecular formula is C17H24N2O4S. The molecule has 0 spiro atoms. The average Bonchev–Trinajstić information content (AvgIpc) is 3.08. The summed E-state index contributed by atoms with van der Waals surface area (Å²) in [6.45, 7) is 5.88. The van der Waals surface area contributed by atoms with Gasteiger partial charge in [0.1, 0.15) is 0 Å². The number of hydrogen-bond donors (Lipinski definition) is 0. The van der Waals surface area contributed by atoms with Gasteiger partial charge in [-0.15, -0.1) is 0 Å². The van der Waals surface area contributed by atoms with Gasteiger partial charge in [0.25, 0.3) is 5.91 Å². The topological polar surface area (TPSA) is 66.9 Å². The van der Waals surface area contributed by atoms with E-state index in [1.54, 1.807) is 23.1 Å². The Bertz CT molecular complexity index is 703. The van der Waals surface area contributed by atoms with Gasteiger partial charge >= 0.3 is 0 Å². The summed E-state index contributed by atoms with van der Waals surface area (Å²) in [6, 6.07) is 6.38. The molecule has 24 heavy (non-hydrogen) atoms. The first kappa shape index (κ1) is 17.4. The van der Waals surface area contributed by atoms with E-state index in [4.69, 9.17) is 4.74 Å². The lowest BCUT2D eigenvalue weighted by atomic mass is 10.2. The first-order valence-electron chi connectivity index (χ1n) is 8.43. The molecule has 0 radical (unpaired) electrons. The SMILES string of the molecule is CC1CN(S(=O)(=O)c2cccc(C(=O)N3CCCC3)c2)CC(C)O1. The van der Waals surface area contributed by atoms with Crippen molar-refractivity contribution < 1.29 is 17.9 Å². The van der Waals surface area contributed by atoms with Crippen molar-refractivity contribution in [3.05, 3.63) is 29.8 Å². The third kappa shape index (κ3) is 3.48. The molecule has 6 nitrogen and oxygen atoms in total. The molecular weight excluding hydrogens is 328 g/mol. The molecule has 0 saturated carbocycles. The highest BCUT2D eigenvalue weighted by molar-refractivity contribution is 7.89. The van der Waals surface area contributed by atoms with Crippen molar-refractivity contribution in [2.24, 2.45) is 0 Å². The van der Waals surface area contributed by atoms with Gasteiger partial charge in [-0.25, -0.2) is 8.42 Å². The number of amides is 1. The van der Waals surface area contributed by atoms with E-state index in [9.17, 15) is 13.2 Å².